The van der Waals surface area contributed by atoms with Crippen LogP contribution in [0.1, 0.15) is 33.6 Å². The zero-order valence-corrected chi connectivity index (χ0v) is 8.83. The standard InChI is InChI=1S/C10H16OS/c1-7-4-10(3)8(11)5-9(7,2)6-12-10/h7H,4-6H2,1-3H3. The Balaban J connectivity index is 2.33. The monoisotopic (exact) mass is 184 g/mol. The van der Waals surface area contributed by atoms with Crippen LogP contribution in [0.4, 0.5) is 0 Å². The van der Waals surface area contributed by atoms with Crippen molar-refractivity contribution in [2.75, 3.05) is 5.75 Å². The molecule has 1 aliphatic carbocycles. The summed E-state index contributed by atoms with van der Waals surface area (Å²) >= 11 is 1.88. The number of hydrogen-bond acceptors (Lipinski definition) is 2. The molecule has 0 amide bonds. The van der Waals surface area contributed by atoms with Gasteiger partial charge in [-0.1, -0.05) is 13.8 Å². The molecular formula is C10H16OS. The Bertz CT molecular complexity index is 238. The summed E-state index contributed by atoms with van der Waals surface area (Å²) in [5.74, 6) is 2.39. The molecule has 1 nitrogen and oxygen atoms in total. The minimum absolute atomic E-state index is 0.0306. The van der Waals surface area contributed by atoms with Gasteiger partial charge in [-0.2, -0.15) is 0 Å². The zero-order chi connectivity index (χ0) is 8.98. The maximum absolute atomic E-state index is 11.7. The minimum Gasteiger partial charge on any atom is -0.298 e. The molecule has 68 valence electrons. The van der Waals surface area contributed by atoms with E-state index in [0.29, 0.717) is 11.2 Å². The van der Waals surface area contributed by atoms with Crippen molar-refractivity contribution in [1.82, 2.24) is 0 Å². The van der Waals surface area contributed by atoms with E-state index in [1.54, 1.807) is 0 Å². The van der Waals surface area contributed by atoms with Crippen LogP contribution >= 0.6 is 11.8 Å². The normalized spacial score (nSPS) is 52.9. The number of thioether (sulfide) groups is 1. The van der Waals surface area contributed by atoms with Crippen molar-refractivity contribution in [2.45, 2.75) is 38.4 Å². The van der Waals surface area contributed by atoms with Gasteiger partial charge in [0.1, 0.15) is 5.78 Å². The first kappa shape index (κ1) is 8.61. The molecule has 0 aromatic heterocycles. The van der Waals surface area contributed by atoms with Crippen molar-refractivity contribution in [3.63, 3.8) is 0 Å². The molecule has 0 spiro atoms. The first-order valence-corrected chi connectivity index (χ1v) is 5.62. The van der Waals surface area contributed by atoms with E-state index in [4.69, 9.17) is 0 Å². The molecular weight excluding hydrogens is 168 g/mol. The van der Waals surface area contributed by atoms with Crippen LogP contribution in [0.2, 0.25) is 0 Å². The second kappa shape index (κ2) is 2.28. The summed E-state index contributed by atoms with van der Waals surface area (Å²) < 4.78 is -0.0306. The molecule has 2 heterocycles. The Morgan fingerprint density at radius 3 is 2.58 bits per heavy atom. The molecule has 0 aromatic carbocycles. The Labute approximate surface area is 78.3 Å². The van der Waals surface area contributed by atoms with Crippen molar-refractivity contribution in [3.8, 4) is 0 Å². The van der Waals surface area contributed by atoms with Crippen LogP contribution < -0.4 is 0 Å². The van der Waals surface area contributed by atoms with Gasteiger partial charge in [0.25, 0.3) is 0 Å². The van der Waals surface area contributed by atoms with Gasteiger partial charge in [0.05, 0.1) is 4.75 Å². The largest absolute Gasteiger partial charge is 0.298 e. The second-order valence-electron chi connectivity index (χ2n) is 4.88. The van der Waals surface area contributed by atoms with Gasteiger partial charge in [0.2, 0.25) is 0 Å². The summed E-state index contributed by atoms with van der Waals surface area (Å²) in [5, 5.41) is 0. The number of hydrogen-bond donors (Lipinski definition) is 0. The van der Waals surface area contributed by atoms with E-state index in [1.807, 2.05) is 11.8 Å². The first-order chi connectivity index (χ1) is 5.46. The minimum atomic E-state index is -0.0306. The van der Waals surface area contributed by atoms with Crippen LogP contribution in [-0.2, 0) is 4.79 Å². The molecule has 3 fully saturated rings. The molecule has 0 radical (unpaired) electrons. The summed E-state index contributed by atoms with van der Waals surface area (Å²) in [6, 6.07) is 0. The van der Waals surface area contributed by atoms with Crippen molar-refractivity contribution in [2.24, 2.45) is 11.3 Å². The zero-order valence-electron chi connectivity index (χ0n) is 8.02. The Morgan fingerprint density at radius 2 is 2.17 bits per heavy atom. The predicted molar refractivity (Wildman–Crippen MR) is 52.4 cm³/mol. The molecule has 3 unspecified atom stereocenters. The highest BCUT2D eigenvalue weighted by Gasteiger charge is 2.53. The number of carbonyl (C=O) groups is 1. The average Bonchev–Trinajstić information content (AvgIpc) is 1.96. The smallest absolute Gasteiger partial charge is 0.149 e. The van der Waals surface area contributed by atoms with Crippen LogP contribution in [0.3, 0.4) is 0 Å². The molecule has 0 N–H and O–H groups in total. The summed E-state index contributed by atoms with van der Waals surface area (Å²) in [6.07, 6.45) is 1.91. The highest BCUT2D eigenvalue weighted by molar-refractivity contribution is 8.01. The average molecular weight is 184 g/mol. The molecule has 2 saturated heterocycles. The number of fused-ring (bicyclic) bond motifs is 3. The maximum Gasteiger partial charge on any atom is 0.149 e. The highest BCUT2D eigenvalue weighted by atomic mass is 32.2. The SMILES string of the molecule is CC1CC2(C)SCC1(C)CC2=O. The maximum atomic E-state index is 11.7. The van der Waals surface area contributed by atoms with Gasteiger partial charge in [-0.15, -0.1) is 11.8 Å². The Hall–Kier alpha value is 0.0200. The molecule has 2 aliphatic heterocycles. The molecule has 3 rings (SSSR count). The molecule has 0 aromatic rings. The molecule has 3 atom stereocenters. The first-order valence-electron chi connectivity index (χ1n) is 4.64. The van der Waals surface area contributed by atoms with Crippen molar-refractivity contribution in [1.29, 1.82) is 0 Å². The van der Waals surface area contributed by atoms with Crippen LogP contribution in [0.5, 0.6) is 0 Å². The van der Waals surface area contributed by atoms with Crippen LogP contribution in [0, 0.1) is 11.3 Å². The summed E-state index contributed by atoms with van der Waals surface area (Å²) in [6.45, 7) is 6.68. The van der Waals surface area contributed by atoms with E-state index in [-0.39, 0.29) is 4.75 Å². The third-order valence-corrected chi connectivity index (χ3v) is 5.60. The lowest BCUT2D eigenvalue weighted by molar-refractivity contribution is -0.128. The lowest BCUT2D eigenvalue weighted by Crippen LogP contribution is -2.53. The molecule has 2 bridgehead atoms. The van der Waals surface area contributed by atoms with Gasteiger partial charge < -0.3 is 0 Å². The molecule has 3 aliphatic rings. The molecule has 12 heavy (non-hydrogen) atoms. The lowest BCUT2D eigenvalue weighted by Gasteiger charge is -2.52. The number of ketones is 1. The van der Waals surface area contributed by atoms with Gasteiger partial charge in [-0.25, -0.2) is 0 Å². The van der Waals surface area contributed by atoms with Crippen LogP contribution in [0.25, 0.3) is 0 Å². The van der Waals surface area contributed by atoms with Gasteiger partial charge in [-0.05, 0) is 24.7 Å². The number of Topliss-reactive ketones (excluding diaryl/α,β-unsaturated/α-hetero) is 1. The Kier molecular flexibility index (Phi) is 1.64. The second-order valence-corrected chi connectivity index (χ2v) is 6.36. The molecule has 1 saturated carbocycles. The summed E-state index contributed by atoms with van der Waals surface area (Å²) in [7, 11) is 0. The van der Waals surface area contributed by atoms with Gasteiger partial charge in [-0.3, -0.25) is 4.79 Å². The number of carbonyl (C=O) groups excluding carboxylic acids is 1. The van der Waals surface area contributed by atoms with Gasteiger partial charge >= 0.3 is 0 Å². The van der Waals surface area contributed by atoms with E-state index in [0.717, 1.165) is 18.8 Å². The van der Waals surface area contributed by atoms with Crippen molar-refractivity contribution >= 4 is 17.5 Å². The quantitative estimate of drug-likeness (QED) is 0.575. The summed E-state index contributed by atoms with van der Waals surface area (Å²) in [4.78, 5) is 11.7. The van der Waals surface area contributed by atoms with E-state index in [1.165, 1.54) is 5.75 Å². The van der Waals surface area contributed by atoms with Gasteiger partial charge in [0.15, 0.2) is 0 Å². The fourth-order valence-corrected chi connectivity index (χ4v) is 3.97. The van der Waals surface area contributed by atoms with E-state index in [2.05, 4.69) is 20.8 Å². The third-order valence-electron chi connectivity index (χ3n) is 3.76. The lowest BCUT2D eigenvalue weighted by atomic mass is 9.65. The number of rotatable bonds is 0. The Morgan fingerprint density at radius 1 is 1.50 bits per heavy atom. The van der Waals surface area contributed by atoms with Crippen molar-refractivity contribution < 1.29 is 4.79 Å². The summed E-state index contributed by atoms with van der Waals surface area (Å²) in [5.41, 5.74) is 0.305. The van der Waals surface area contributed by atoms with E-state index in [9.17, 15) is 4.79 Å². The van der Waals surface area contributed by atoms with E-state index >= 15 is 0 Å². The van der Waals surface area contributed by atoms with Crippen LogP contribution in [0.15, 0.2) is 0 Å². The third kappa shape index (κ3) is 0.968. The predicted octanol–water partition coefficient (Wildman–Crippen LogP) is 2.50. The highest BCUT2D eigenvalue weighted by Crippen LogP contribution is 2.56. The van der Waals surface area contributed by atoms with E-state index < -0.39 is 0 Å². The fraction of sp³-hybridized carbons (Fsp3) is 0.900. The van der Waals surface area contributed by atoms with Crippen LogP contribution in [-0.4, -0.2) is 16.3 Å². The van der Waals surface area contributed by atoms with Gasteiger partial charge in [0, 0.05) is 12.2 Å². The fourth-order valence-electron chi connectivity index (χ4n) is 2.33. The topological polar surface area (TPSA) is 17.1 Å². The van der Waals surface area contributed by atoms with Crippen molar-refractivity contribution in [3.05, 3.63) is 0 Å². The molecule has 2 heteroatoms.